The molecule has 0 saturated carbocycles. The molecule has 1 aliphatic rings. The van der Waals surface area contributed by atoms with Crippen molar-refractivity contribution in [3.05, 3.63) is 35.6 Å². The van der Waals surface area contributed by atoms with Crippen molar-refractivity contribution in [2.24, 2.45) is 0 Å². The number of hydrogen-bond acceptors (Lipinski definition) is 6. The Kier molecular flexibility index (Phi) is 4.55. The van der Waals surface area contributed by atoms with Crippen molar-refractivity contribution < 1.29 is 14.1 Å². The molecule has 0 bridgehead atoms. The molecule has 0 spiro atoms. The molecule has 0 aromatic carbocycles. The third kappa shape index (κ3) is 3.33. The standard InChI is InChI=1S/C16H20N4O3/c1-11-18-15(19-23-11)13-6-4-3-5-9-20(13)16(21)12-7-8-14(22-2)17-10-12/h7-8,10,13H,3-6,9H2,1-2H3/t13-/m0/s1. The van der Waals surface area contributed by atoms with Crippen LogP contribution in [0.5, 0.6) is 5.88 Å². The molecule has 1 aliphatic heterocycles. The number of likely N-dealkylation sites (tertiary alicyclic amines) is 1. The molecule has 0 aliphatic carbocycles. The van der Waals surface area contributed by atoms with Crippen LogP contribution in [0.3, 0.4) is 0 Å². The zero-order valence-electron chi connectivity index (χ0n) is 13.4. The fraction of sp³-hybridized carbons (Fsp3) is 0.500. The highest BCUT2D eigenvalue weighted by Crippen LogP contribution is 2.29. The number of hydrogen-bond donors (Lipinski definition) is 0. The monoisotopic (exact) mass is 316 g/mol. The third-order valence-corrected chi connectivity index (χ3v) is 4.05. The van der Waals surface area contributed by atoms with Gasteiger partial charge in [0.1, 0.15) is 0 Å². The van der Waals surface area contributed by atoms with Crippen LogP contribution in [-0.2, 0) is 0 Å². The number of aryl methyl sites for hydroxylation is 1. The number of carbonyl (C=O) groups is 1. The molecule has 3 heterocycles. The fourth-order valence-electron chi connectivity index (χ4n) is 2.86. The lowest BCUT2D eigenvalue weighted by Gasteiger charge is -2.27. The van der Waals surface area contributed by atoms with E-state index in [-0.39, 0.29) is 11.9 Å². The highest BCUT2D eigenvalue weighted by atomic mass is 16.5. The Morgan fingerprint density at radius 2 is 2.22 bits per heavy atom. The summed E-state index contributed by atoms with van der Waals surface area (Å²) in [4.78, 5) is 23.2. The predicted molar refractivity (Wildman–Crippen MR) is 82.1 cm³/mol. The predicted octanol–water partition coefficient (Wildman–Crippen LogP) is 2.54. The summed E-state index contributed by atoms with van der Waals surface area (Å²) in [5.74, 6) is 1.53. The van der Waals surface area contributed by atoms with Crippen LogP contribution < -0.4 is 4.74 Å². The number of rotatable bonds is 3. The van der Waals surface area contributed by atoms with Gasteiger partial charge in [-0.3, -0.25) is 4.79 Å². The summed E-state index contributed by atoms with van der Waals surface area (Å²) in [7, 11) is 1.55. The number of pyridine rings is 1. The lowest BCUT2D eigenvalue weighted by Crippen LogP contribution is -2.35. The summed E-state index contributed by atoms with van der Waals surface area (Å²) < 4.78 is 10.1. The summed E-state index contributed by atoms with van der Waals surface area (Å²) >= 11 is 0. The Morgan fingerprint density at radius 3 is 2.87 bits per heavy atom. The van der Waals surface area contributed by atoms with E-state index in [0.29, 0.717) is 29.7 Å². The van der Waals surface area contributed by atoms with Crippen LogP contribution in [0.1, 0.15) is 53.8 Å². The molecule has 122 valence electrons. The lowest BCUT2D eigenvalue weighted by atomic mass is 10.1. The van der Waals surface area contributed by atoms with Crippen LogP contribution in [0.4, 0.5) is 0 Å². The molecule has 1 amide bonds. The van der Waals surface area contributed by atoms with Gasteiger partial charge in [-0.05, 0) is 18.9 Å². The highest BCUT2D eigenvalue weighted by molar-refractivity contribution is 5.94. The first-order valence-corrected chi connectivity index (χ1v) is 7.80. The largest absolute Gasteiger partial charge is 0.481 e. The number of methoxy groups -OCH3 is 1. The minimum atomic E-state index is -0.149. The van der Waals surface area contributed by atoms with Crippen molar-refractivity contribution >= 4 is 5.91 Å². The number of aromatic nitrogens is 3. The van der Waals surface area contributed by atoms with Gasteiger partial charge in [0.05, 0.1) is 18.7 Å². The van der Waals surface area contributed by atoms with Crippen LogP contribution in [0, 0.1) is 6.92 Å². The minimum Gasteiger partial charge on any atom is -0.481 e. The van der Waals surface area contributed by atoms with Crippen LogP contribution in [-0.4, -0.2) is 39.6 Å². The van der Waals surface area contributed by atoms with E-state index in [1.54, 1.807) is 32.4 Å². The van der Waals surface area contributed by atoms with Gasteiger partial charge in [0.2, 0.25) is 11.8 Å². The zero-order chi connectivity index (χ0) is 16.2. The Balaban J connectivity index is 1.87. The zero-order valence-corrected chi connectivity index (χ0v) is 13.4. The topological polar surface area (TPSA) is 81.4 Å². The Labute approximate surface area is 134 Å². The molecule has 0 radical (unpaired) electrons. The van der Waals surface area contributed by atoms with Gasteiger partial charge in [0, 0.05) is 25.7 Å². The fourth-order valence-corrected chi connectivity index (χ4v) is 2.86. The van der Waals surface area contributed by atoms with E-state index in [1.165, 1.54) is 0 Å². The third-order valence-electron chi connectivity index (χ3n) is 4.05. The van der Waals surface area contributed by atoms with E-state index in [4.69, 9.17) is 9.26 Å². The normalized spacial score (nSPS) is 18.5. The average Bonchev–Trinajstić information content (AvgIpc) is 2.86. The summed E-state index contributed by atoms with van der Waals surface area (Å²) in [5.41, 5.74) is 0.540. The van der Waals surface area contributed by atoms with Crippen LogP contribution >= 0.6 is 0 Å². The second-order valence-corrected chi connectivity index (χ2v) is 5.62. The van der Waals surface area contributed by atoms with Crippen LogP contribution in [0.2, 0.25) is 0 Å². The first kappa shape index (κ1) is 15.5. The maximum Gasteiger partial charge on any atom is 0.256 e. The van der Waals surface area contributed by atoms with Gasteiger partial charge in [0.15, 0.2) is 5.82 Å². The van der Waals surface area contributed by atoms with Gasteiger partial charge in [0.25, 0.3) is 5.91 Å². The first-order chi connectivity index (χ1) is 11.2. The molecule has 1 saturated heterocycles. The Bertz CT molecular complexity index is 668. The summed E-state index contributed by atoms with van der Waals surface area (Å²) in [6.45, 7) is 2.44. The Morgan fingerprint density at radius 1 is 1.35 bits per heavy atom. The maximum absolute atomic E-state index is 12.9. The van der Waals surface area contributed by atoms with Gasteiger partial charge in [-0.25, -0.2) is 4.98 Å². The van der Waals surface area contributed by atoms with Crippen molar-refractivity contribution in [2.75, 3.05) is 13.7 Å². The molecular weight excluding hydrogens is 296 g/mol. The first-order valence-electron chi connectivity index (χ1n) is 7.80. The summed E-state index contributed by atoms with van der Waals surface area (Å²) in [6, 6.07) is 3.28. The SMILES string of the molecule is COc1ccc(C(=O)N2CCCCC[C@H]2c2noc(C)n2)cn1. The quantitative estimate of drug-likeness (QED) is 0.865. The van der Waals surface area contributed by atoms with Crippen molar-refractivity contribution in [3.63, 3.8) is 0 Å². The van der Waals surface area contributed by atoms with E-state index in [2.05, 4.69) is 15.1 Å². The smallest absolute Gasteiger partial charge is 0.256 e. The molecular formula is C16H20N4O3. The molecule has 2 aromatic heterocycles. The van der Waals surface area contributed by atoms with Crippen LogP contribution in [0.25, 0.3) is 0 Å². The molecule has 1 atom stereocenters. The number of amides is 1. The van der Waals surface area contributed by atoms with E-state index in [1.807, 2.05) is 4.90 Å². The van der Waals surface area contributed by atoms with Crippen molar-refractivity contribution in [2.45, 2.75) is 38.6 Å². The van der Waals surface area contributed by atoms with E-state index < -0.39 is 0 Å². The molecule has 7 heteroatoms. The number of nitrogens with zero attached hydrogens (tertiary/aromatic N) is 4. The number of carbonyl (C=O) groups excluding carboxylic acids is 1. The molecule has 23 heavy (non-hydrogen) atoms. The van der Waals surface area contributed by atoms with E-state index in [9.17, 15) is 4.79 Å². The van der Waals surface area contributed by atoms with Gasteiger partial charge >= 0.3 is 0 Å². The summed E-state index contributed by atoms with van der Waals surface area (Å²) in [6.07, 6.45) is 5.50. The van der Waals surface area contributed by atoms with Crippen LogP contribution in [0.15, 0.2) is 22.9 Å². The number of ether oxygens (including phenoxy) is 1. The molecule has 2 aromatic rings. The maximum atomic E-state index is 12.9. The van der Waals surface area contributed by atoms with Crippen molar-refractivity contribution in [3.8, 4) is 5.88 Å². The molecule has 7 nitrogen and oxygen atoms in total. The van der Waals surface area contributed by atoms with E-state index in [0.717, 1.165) is 25.7 Å². The Hall–Kier alpha value is -2.44. The minimum absolute atomic E-state index is 0.0606. The van der Waals surface area contributed by atoms with Gasteiger partial charge in [-0.1, -0.05) is 18.0 Å². The van der Waals surface area contributed by atoms with Crippen molar-refractivity contribution in [1.82, 2.24) is 20.0 Å². The van der Waals surface area contributed by atoms with Crippen molar-refractivity contribution in [1.29, 1.82) is 0 Å². The van der Waals surface area contributed by atoms with Gasteiger partial charge < -0.3 is 14.2 Å². The van der Waals surface area contributed by atoms with E-state index >= 15 is 0 Å². The molecule has 1 fully saturated rings. The lowest BCUT2D eigenvalue weighted by molar-refractivity contribution is 0.0670. The molecule has 3 rings (SSSR count). The van der Waals surface area contributed by atoms with Gasteiger partial charge in [-0.2, -0.15) is 4.98 Å². The molecule has 0 N–H and O–H groups in total. The second-order valence-electron chi connectivity index (χ2n) is 5.62. The summed E-state index contributed by atoms with van der Waals surface area (Å²) in [5, 5.41) is 4.02. The average molecular weight is 316 g/mol. The molecule has 0 unspecified atom stereocenters. The van der Waals surface area contributed by atoms with Gasteiger partial charge in [-0.15, -0.1) is 0 Å². The second kappa shape index (κ2) is 6.76. The highest BCUT2D eigenvalue weighted by Gasteiger charge is 2.30.